The van der Waals surface area contributed by atoms with Crippen LogP contribution < -0.4 is 14.5 Å². The summed E-state index contributed by atoms with van der Waals surface area (Å²) in [5.74, 6) is -0.0359. The smallest absolute Gasteiger partial charge is 0.265 e. The van der Waals surface area contributed by atoms with Gasteiger partial charge in [-0.15, -0.1) is 11.3 Å². The first-order chi connectivity index (χ1) is 14.1. The molecule has 0 bridgehead atoms. The third kappa shape index (κ3) is 4.30. The molecule has 1 aromatic heterocycles. The zero-order chi connectivity index (χ0) is 20.2. The van der Waals surface area contributed by atoms with Crippen molar-refractivity contribution in [2.24, 2.45) is 0 Å². The van der Waals surface area contributed by atoms with E-state index in [9.17, 15) is 14.0 Å². The van der Waals surface area contributed by atoms with Crippen molar-refractivity contribution in [1.82, 2.24) is 0 Å². The molecule has 148 valence electrons. The molecule has 2 heterocycles. The highest BCUT2D eigenvalue weighted by Crippen LogP contribution is 2.31. The topological polar surface area (TPSA) is 49.9 Å². The van der Waals surface area contributed by atoms with Gasteiger partial charge in [0.05, 0.1) is 12.2 Å². The molecule has 0 fully saturated rings. The van der Waals surface area contributed by atoms with Crippen molar-refractivity contribution in [3.8, 4) is 5.75 Å². The number of anilines is 2. The van der Waals surface area contributed by atoms with Crippen molar-refractivity contribution in [3.63, 3.8) is 0 Å². The van der Waals surface area contributed by atoms with E-state index in [-0.39, 0.29) is 37.2 Å². The van der Waals surface area contributed by atoms with Crippen LogP contribution in [0.1, 0.15) is 11.3 Å². The van der Waals surface area contributed by atoms with Crippen LogP contribution in [0.4, 0.5) is 15.8 Å². The predicted octanol–water partition coefficient (Wildman–Crippen LogP) is 4.24. The molecule has 29 heavy (non-hydrogen) atoms. The number of carbonyl (C=O) groups is 2. The van der Waals surface area contributed by atoms with Crippen molar-refractivity contribution >= 4 is 34.5 Å². The lowest BCUT2D eigenvalue weighted by atomic mass is 10.2. The Morgan fingerprint density at radius 1 is 1.10 bits per heavy atom. The van der Waals surface area contributed by atoms with Crippen LogP contribution in [-0.4, -0.2) is 25.0 Å². The van der Waals surface area contributed by atoms with Crippen LogP contribution in [0.15, 0.2) is 66.0 Å². The highest BCUT2D eigenvalue weighted by molar-refractivity contribution is 7.09. The van der Waals surface area contributed by atoms with E-state index in [0.717, 1.165) is 4.88 Å². The van der Waals surface area contributed by atoms with Gasteiger partial charge in [0.2, 0.25) is 5.91 Å². The third-order valence-electron chi connectivity index (χ3n) is 4.69. The molecular weight excluding hydrogens is 391 g/mol. The minimum absolute atomic E-state index is 0.0396. The van der Waals surface area contributed by atoms with Gasteiger partial charge >= 0.3 is 0 Å². The number of hydrogen-bond acceptors (Lipinski definition) is 4. The Morgan fingerprint density at radius 3 is 2.66 bits per heavy atom. The van der Waals surface area contributed by atoms with E-state index >= 15 is 0 Å². The number of carbonyl (C=O) groups excluding carboxylic acids is 2. The highest BCUT2D eigenvalue weighted by Gasteiger charge is 2.26. The van der Waals surface area contributed by atoms with Crippen molar-refractivity contribution < 1.29 is 18.7 Å². The Hall–Kier alpha value is -3.19. The first-order valence-electron chi connectivity index (χ1n) is 9.22. The fraction of sp³-hybridized carbons (Fsp3) is 0.182. The molecule has 2 aromatic carbocycles. The quantitative estimate of drug-likeness (QED) is 0.611. The Bertz CT molecular complexity index is 1010. The molecule has 7 heteroatoms. The van der Waals surface area contributed by atoms with Gasteiger partial charge in [-0.25, -0.2) is 4.39 Å². The number of benzene rings is 2. The van der Waals surface area contributed by atoms with Crippen LogP contribution >= 0.6 is 11.3 Å². The Kier molecular flexibility index (Phi) is 5.57. The molecule has 0 saturated carbocycles. The molecule has 0 unspecified atom stereocenters. The van der Waals surface area contributed by atoms with Gasteiger partial charge in [0.1, 0.15) is 11.6 Å². The fourth-order valence-electron chi connectivity index (χ4n) is 3.24. The van der Waals surface area contributed by atoms with E-state index in [2.05, 4.69) is 0 Å². The maximum absolute atomic E-state index is 13.3. The third-order valence-corrected chi connectivity index (χ3v) is 5.55. The maximum atomic E-state index is 13.3. The summed E-state index contributed by atoms with van der Waals surface area (Å²) in [7, 11) is 0. The SMILES string of the molecule is O=C(CCN1C(=O)COc2ccccc21)N(Cc1cccs1)c1ccc(F)cc1. The summed E-state index contributed by atoms with van der Waals surface area (Å²) in [4.78, 5) is 29.7. The molecule has 0 aliphatic carbocycles. The summed E-state index contributed by atoms with van der Waals surface area (Å²) in [6.45, 7) is 0.609. The largest absolute Gasteiger partial charge is 0.482 e. The maximum Gasteiger partial charge on any atom is 0.265 e. The average molecular weight is 410 g/mol. The van der Waals surface area contributed by atoms with Gasteiger partial charge in [-0.3, -0.25) is 9.59 Å². The van der Waals surface area contributed by atoms with Crippen LogP contribution in [0.2, 0.25) is 0 Å². The van der Waals surface area contributed by atoms with Crippen LogP contribution in [-0.2, 0) is 16.1 Å². The Labute approximate surface area is 171 Å². The van der Waals surface area contributed by atoms with Crippen LogP contribution in [0.3, 0.4) is 0 Å². The lowest BCUT2D eigenvalue weighted by Crippen LogP contribution is -2.41. The lowest BCUT2D eigenvalue weighted by molar-refractivity contribution is -0.121. The van der Waals surface area contributed by atoms with E-state index in [1.807, 2.05) is 29.6 Å². The standard InChI is InChI=1S/C22H19FN2O3S/c23-16-7-9-17(10-8-16)25(14-18-4-3-13-29-18)21(26)11-12-24-19-5-1-2-6-20(19)28-15-22(24)27/h1-10,13H,11-12,14-15H2. The predicted molar refractivity (Wildman–Crippen MR) is 111 cm³/mol. The molecule has 3 aromatic rings. The number of hydrogen-bond donors (Lipinski definition) is 0. The van der Waals surface area contributed by atoms with Crippen LogP contribution in [0.25, 0.3) is 0 Å². The molecule has 0 spiro atoms. The second kappa shape index (κ2) is 8.45. The first-order valence-corrected chi connectivity index (χ1v) is 10.1. The molecule has 2 amide bonds. The molecule has 0 radical (unpaired) electrons. The van der Waals surface area contributed by atoms with Gasteiger partial charge in [-0.1, -0.05) is 18.2 Å². The normalized spacial score (nSPS) is 13.0. The number of thiophene rings is 1. The van der Waals surface area contributed by atoms with Crippen molar-refractivity contribution in [2.45, 2.75) is 13.0 Å². The van der Waals surface area contributed by atoms with E-state index in [4.69, 9.17) is 4.74 Å². The van der Waals surface area contributed by atoms with Crippen molar-refractivity contribution in [1.29, 1.82) is 0 Å². The van der Waals surface area contributed by atoms with Gasteiger partial charge < -0.3 is 14.5 Å². The van der Waals surface area contributed by atoms with Gasteiger partial charge in [-0.05, 0) is 47.8 Å². The summed E-state index contributed by atoms with van der Waals surface area (Å²) in [5, 5.41) is 1.95. The van der Waals surface area contributed by atoms with Gasteiger partial charge in [0.15, 0.2) is 6.61 Å². The van der Waals surface area contributed by atoms with Gasteiger partial charge in [0.25, 0.3) is 5.91 Å². The number of amides is 2. The zero-order valence-electron chi connectivity index (χ0n) is 15.6. The van der Waals surface area contributed by atoms with Crippen molar-refractivity contribution in [3.05, 3.63) is 76.7 Å². The molecule has 5 nitrogen and oxygen atoms in total. The van der Waals surface area contributed by atoms with Gasteiger partial charge in [0, 0.05) is 23.5 Å². The van der Waals surface area contributed by atoms with E-state index in [0.29, 0.717) is 23.7 Å². The number of rotatable bonds is 6. The highest BCUT2D eigenvalue weighted by atomic mass is 32.1. The second-order valence-electron chi connectivity index (χ2n) is 6.59. The molecule has 1 aliphatic rings. The zero-order valence-corrected chi connectivity index (χ0v) is 16.4. The lowest BCUT2D eigenvalue weighted by Gasteiger charge is -2.30. The van der Waals surface area contributed by atoms with E-state index < -0.39 is 0 Å². The molecule has 0 saturated heterocycles. The van der Waals surface area contributed by atoms with E-state index in [1.54, 1.807) is 45.4 Å². The fourth-order valence-corrected chi connectivity index (χ4v) is 3.94. The van der Waals surface area contributed by atoms with E-state index in [1.165, 1.54) is 12.1 Å². The summed E-state index contributed by atoms with van der Waals surface area (Å²) in [6.07, 6.45) is 0.142. The van der Waals surface area contributed by atoms with Crippen LogP contribution in [0.5, 0.6) is 5.75 Å². The number of para-hydroxylation sites is 2. The molecule has 0 N–H and O–H groups in total. The Balaban J connectivity index is 1.52. The molecule has 1 aliphatic heterocycles. The van der Waals surface area contributed by atoms with Crippen LogP contribution in [0, 0.1) is 5.82 Å². The average Bonchev–Trinajstić information content (AvgIpc) is 3.25. The van der Waals surface area contributed by atoms with Crippen molar-refractivity contribution in [2.75, 3.05) is 23.0 Å². The second-order valence-corrected chi connectivity index (χ2v) is 7.62. The molecular formula is C22H19FN2O3S. The minimum atomic E-state index is -0.354. The molecule has 0 atom stereocenters. The first kappa shape index (κ1) is 19.1. The number of halogens is 1. The number of fused-ring (bicyclic) bond motifs is 1. The minimum Gasteiger partial charge on any atom is -0.482 e. The summed E-state index contributed by atoms with van der Waals surface area (Å²) < 4.78 is 18.8. The number of nitrogens with zero attached hydrogens (tertiary/aromatic N) is 2. The monoisotopic (exact) mass is 410 g/mol. The molecule has 4 rings (SSSR count). The number of ether oxygens (including phenoxy) is 1. The van der Waals surface area contributed by atoms with Gasteiger partial charge in [-0.2, -0.15) is 0 Å². The summed E-state index contributed by atoms with van der Waals surface area (Å²) in [5.41, 5.74) is 1.29. The Morgan fingerprint density at radius 2 is 1.90 bits per heavy atom. The summed E-state index contributed by atoms with van der Waals surface area (Å²) in [6, 6.07) is 17.0. The summed E-state index contributed by atoms with van der Waals surface area (Å²) >= 11 is 1.55.